The Kier molecular flexibility index (Phi) is 11.5. The lowest BCUT2D eigenvalue weighted by atomic mass is 10.0. The van der Waals surface area contributed by atoms with Crippen molar-refractivity contribution in [3.63, 3.8) is 0 Å². The largest absolute Gasteiger partial charge is 0.467 e. The minimum atomic E-state index is -0.857. The van der Waals surface area contributed by atoms with E-state index in [-0.39, 0.29) is 18.1 Å². The van der Waals surface area contributed by atoms with Crippen LogP contribution in [0.25, 0.3) is 0 Å². The van der Waals surface area contributed by atoms with Gasteiger partial charge in [0, 0.05) is 19.8 Å². The average molecular weight is 299 g/mol. The van der Waals surface area contributed by atoms with E-state index in [1.807, 2.05) is 0 Å². The minimum Gasteiger partial charge on any atom is -0.467 e. The third kappa shape index (κ3) is 11.0. The SMILES string of the molecule is CCCCCCCCCC(=O)C[C@H](NC(C)=O)C(=O)OC. The van der Waals surface area contributed by atoms with Crippen LogP contribution >= 0.6 is 0 Å². The van der Waals surface area contributed by atoms with E-state index in [9.17, 15) is 14.4 Å². The van der Waals surface area contributed by atoms with Crippen LogP contribution in [0.3, 0.4) is 0 Å². The number of unbranched alkanes of at least 4 members (excludes halogenated alkanes) is 6. The Labute approximate surface area is 127 Å². The zero-order chi connectivity index (χ0) is 16.1. The first-order chi connectivity index (χ1) is 10.0. The van der Waals surface area contributed by atoms with Crippen molar-refractivity contribution in [2.24, 2.45) is 0 Å². The van der Waals surface area contributed by atoms with Gasteiger partial charge >= 0.3 is 5.97 Å². The molecule has 122 valence electrons. The second kappa shape index (κ2) is 12.4. The number of Topliss-reactive ketones (excluding diaryl/α,β-unsaturated/α-hetero) is 1. The Balaban J connectivity index is 3.87. The summed E-state index contributed by atoms with van der Waals surface area (Å²) in [6.07, 6.45) is 8.50. The van der Waals surface area contributed by atoms with Crippen molar-refractivity contribution in [3.8, 4) is 0 Å². The summed E-state index contributed by atoms with van der Waals surface area (Å²) in [7, 11) is 1.25. The van der Waals surface area contributed by atoms with E-state index >= 15 is 0 Å². The van der Waals surface area contributed by atoms with Crippen LogP contribution in [0, 0.1) is 0 Å². The number of esters is 1. The van der Waals surface area contributed by atoms with Gasteiger partial charge in [-0.25, -0.2) is 4.79 Å². The Hall–Kier alpha value is -1.39. The van der Waals surface area contributed by atoms with Crippen LogP contribution in [0.2, 0.25) is 0 Å². The Morgan fingerprint density at radius 1 is 1.00 bits per heavy atom. The van der Waals surface area contributed by atoms with E-state index in [0.29, 0.717) is 6.42 Å². The molecule has 0 heterocycles. The summed E-state index contributed by atoms with van der Waals surface area (Å²) in [6.45, 7) is 3.50. The molecule has 1 amide bonds. The fourth-order valence-corrected chi connectivity index (χ4v) is 2.19. The summed E-state index contributed by atoms with van der Waals surface area (Å²) in [5, 5.41) is 2.45. The maximum atomic E-state index is 11.8. The molecular weight excluding hydrogens is 270 g/mol. The molecule has 0 aromatic carbocycles. The predicted octanol–water partition coefficient (Wildman–Crippen LogP) is 2.76. The Morgan fingerprint density at radius 3 is 2.10 bits per heavy atom. The highest BCUT2D eigenvalue weighted by molar-refractivity contribution is 5.89. The van der Waals surface area contributed by atoms with Crippen LogP contribution in [0.5, 0.6) is 0 Å². The highest BCUT2D eigenvalue weighted by Gasteiger charge is 2.22. The fourth-order valence-electron chi connectivity index (χ4n) is 2.19. The molecule has 5 heteroatoms. The number of carbonyl (C=O) groups excluding carboxylic acids is 3. The van der Waals surface area contributed by atoms with E-state index in [4.69, 9.17) is 0 Å². The lowest BCUT2D eigenvalue weighted by molar-refractivity contribution is -0.146. The number of nitrogens with one attached hydrogen (secondary N) is 1. The van der Waals surface area contributed by atoms with Crippen molar-refractivity contribution in [3.05, 3.63) is 0 Å². The van der Waals surface area contributed by atoms with Gasteiger partial charge in [-0.3, -0.25) is 9.59 Å². The Bertz CT molecular complexity index is 328. The highest BCUT2D eigenvalue weighted by atomic mass is 16.5. The number of hydrogen-bond acceptors (Lipinski definition) is 4. The van der Waals surface area contributed by atoms with Gasteiger partial charge in [0.2, 0.25) is 5.91 Å². The smallest absolute Gasteiger partial charge is 0.328 e. The summed E-state index contributed by atoms with van der Waals surface area (Å²) in [5.41, 5.74) is 0. The van der Waals surface area contributed by atoms with Crippen molar-refractivity contribution in [1.82, 2.24) is 5.32 Å². The minimum absolute atomic E-state index is 0.00675. The zero-order valence-corrected chi connectivity index (χ0v) is 13.6. The third-order valence-corrected chi connectivity index (χ3v) is 3.35. The molecule has 0 fully saturated rings. The van der Waals surface area contributed by atoms with Crippen molar-refractivity contribution in [1.29, 1.82) is 0 Å². The van der Waals surface area contributed by atoms with E-state index in [1.54, 1.807) is 0 Å². The first-order valence-corrected chi connectivity index (χ1v) is 7.87. The molecule has 0 aromatic rings. The van der Waals surface area contributed by atoms with Crippen LogP contribution in [0.15, 0.2) is 0 Å². The van der Waals surface area contributed by atoms with Gasteiger partial charge in [-0.15, -0.1) is 0 Å². The highest BCUT2D eigenvalue weighted by Crippen LogP contribution is 2.10. The van der Waals surface area contributed by atoms with E-state index in [0.717, 1.165) is 19.3 Å². The summed E-state index contributed by atoms with van der Waals surface area (Å²) in [5.74, 6) is -0.917. The monoisotopic (exact) mass is 299 g/mol. The number of ether oxygens (including phenoxy) is 1. The molecule has 0 spiro atoms. The van der Waals surface area contributed by atoms with Gasteiger partial charge in [0.15, 0.2) is 0 Å². The quantitative estimate of drug-likeness (QED) is 0.444. The van der Waals surface area contributed by atoms with Gasteiger partial charge in [-0.1, -0.05) is 45.4 Å². The molecule has 0 aromatic heterocycles. The molecule has 0 saturated carbocycles. The molecule has 5 nitrogen and oxygen atoms in total. The summed E-state index contributed by atoms with van der Waals surface area (Å²) < 4.78 is 4.59. The Morgan fingerprint density at radius 2 is 1.57 bits per heavy atom. The van der Waals surface area contributed by atoms with Gasteiger partial charge < -0.3 is 10.1 Å². The zero-order valence-electron chi connectivity index (χ0n) is 13.6. The van der Waals surface area contributed by atoms with Crippen LogP contribution in [-0.2, 0) is 19.1 Å². The molecular formula is C16H29NO4. The van der Waals surface area contributed by atoms with Gasteiger partial charge in [-0.05, 0) is 6.42 Å². The summed E-state index contributed by atoms with van der Waals surface area (Å²) >= 11 is 0. The maximum Gasteiger partial charge on any atom is 0.328 e. The fraction of sp³-hybridized carbons (Fsp3) is 0.812. The second-order valence-electron chi connectivity index (χ2n) is 5.39. The van der Waals surface area contributed by atoms with Crippen molar-refractivity contribution in [2.75, 3.05) is 7.11 Å². The summed E-state index contributed by atoms with van der Waals surface area (Å²) in [6, 6.07) is -0.857. The lowest BCUT2D eigenvalue weighted by Gasteiger charge is -2.14. The number of rotatable bonds is 12. The van der Waals surface area contributed by atoms with Gasteiger partial charge in [-0.2, -0.15) is 0 Å². The predicted molar refractivity (Wildman–Crippen MR) is 81.9 cm³/mol. The summed E-state index contributed by atoms with van der Waals surface area (Å²) in [4.78, 5) is 34.3. The normalized spacial score (nSPS) is 11.8. The van der Waals surface area contributed by atoms with E-state index < -0.39 is 12.0 Å². The number of methoxy groups -OCH3 is 1. The van der Waals surface area contributed by atoms with E-state index in [1.165, 1.54) is 39.7 Å². The average Bonchev–Trinajstić information content (AvgIpc) is 2.44. The molecule has 0 rings (SSSR count). The molecule has 1 atom stereocenters. The molecule has 0 radical (unpaired) electrons. The molecule has 0 bridgehead atoms. The molecule has 0 unspecified atom stereocenters. The molecule has 0 aliphatic heterocycles. The van der Waals surface area contributed by atoms with Crippen LogP contribution in [0.1, 0.15) is 71.6 Å². The van der Waals surface area contributed by atoms with Crippen molar-refractivity contribution >= 4 is 17.7 Å². The second-order valence-corrected chi connectivity index (χ2v) is 5.39. The number of amides is 1. The van der Waals surface area contributed by atoms with Gasteiger partial charge in [0.25, 0.3) is 0 Å². The first-order valence-electron chi connectivity index (χ1n) is 7.87. The maximum absolute atomic E-state index is 11.8. The number of carbonyl (C=O) groups is 3. The van der Waals surface area contributed by atoms with Crippen LogP contribution in [0.4, 0.5) is 0 Å². The molecule has 1 N–H and O–H groups in total. The van der Waals surface area contributed by atoms with Gasteiger partial charge in [0.1, 0.15) is 11.8 Å². The van der Waals surface area contributed by atoms with E-state index in [2.05, 4.69) is 17.0 Å². The first kappa shape index (κ1) is 19.6. The standard InChI is InChI=1S/C16H29NO4/c1-4-5-6-7-8-9-10-11-14(19)12-15(16(20)21-3)17-13(2)18/h15H,4-12H2,1-3H3,(H,17,18)/t15-/m0/s1. The third-order valence-electron chi connectivity index (χ3n) is 3.35. The van der Waals surface area contributed by atoms with Crippen LogP contribution in [-0.4, -0.2) is 30.8 Å². The van der Waals surface area contributed by atoms with Crippen molar-refractivity contribution in [2.45, 2.75) is 77.7 Å². The van der Waals surface area contributed by atoms with Crippen LogP contribution < -0.4 is 5.32 Å². The lowest BCUT2D eigenvalue weighted by Crippen LogP contribution is -2.41. The van der Waals surface area contributed by atoms with Gasteiger partial charge in [0.05, 0.1) is 7.11 Å². The molecule has 0 aliphatic carbocycles. The topological polar surface area (TPSA) is 72.5 Å². The number of hydrogen-bond donors (Lipinski definition) is 1. The molecule has 0 aliphatic rings. The molecule has 0 saturated heterocycles. The molecule has 21 heavy (non-hydrogen) atoms. The van der Waals surface area contributed by atoms with Crippen molar-refractivity contribution < 1.29 is 19.1 Å². The number of ketones is 1.